The monoisotopic (exact) mass is 312 g/mol. The maximum atomic E-state index is 11.7. The SMILES string of the molecule is CC(C)(C)CC(=O)CCCCC(=O)NCCCNC(C)(C)C. The van der Waals surface area contributed by atoms with Crippen molar-refractivity contribution in [1.82, 2.24) is 10.6 Å². The van der Waals surface area contributed by atoms with E-state index in [1.807, 2.05) is 0 Å². The number of amides is 1. The quantitative estimate of drug-likeness (QED) is 0.607. The molecule has 130 valence electrons. The number of nitrogens with one attached hydrogen (secondary N) is 2. The molecule has 0 fully saturated rings. The minimum atomic E-state index is 0.0650. The van der Waals surface area contributed by atoms with Crippen molar-refractivity contribution in [3.8, 4) is 0 Å². The van der Waals surface area contributed by atoms with Crippen LogP contribution in [0.25, 0.3) is 0 Å². The zero-order valence-electron chi connectivity index (χ0n) is 15.5. The van der Waals surface area contributed by atoms with Crippen molar-refractivity contribution < 1.29 is 9.59 Å². The van der Waals surface area contributed by atoms with Crippen LogP contribution in [0, 0.1) is 5.41 Å². The Kier molecular flexibility index (Phi) is 9.58. The van der Waals surface area contributed by atoms with Crippen LogP contribution in [0.2, 0.25) is 0 Å². The lowest BCUT2D eigenvalue weighted by atomic mass is 9.88. The first-order valence-electron chi connectivity index (χ1n) is 8.53. The molecule has 0 aliphatic carbocycles. The van der Waals surface area contributed by atoms with Crippen LogP contribution in [0.1, 0.15) is 80.1 Å². The summed E-state index contributed by atoms with van der Waals surface area (Å²) in [7, 11) is 0. The Hall–Kier alpha value is -0.900. The zero-order chi connectivity index (χ0) is 17.2. The van der Waals surface area contributed by atoms with E-state index in [0.717, 1.165) is 25.8 Å². The lowest BCUT2D eigenvalue weighted by Gasteiger charge is -2.20. The van der Waals surface area contributed by atoms with Crippen molar-refractivity contribution in [2.45, 2.75) is 85.6 Å². The van der Waals surface area contributed by atoms with E-state index < -0.39 is 0 Å². The molecule has 0 heterocycles. The van der Waals surface area contributed by atoms with Gasteiger partial charge in [0.25, 0.3) is 0 Å². The number of rotatable bonds is 10. The minimum Gasteiger partial charge on any atom is -0.356 e. The molecule has 22 heavy (non-hydrogen) atoms. The van der Waals surface area contributed by atoms with Crippen molar-refractivity contribution in [1.29, 1.82) is 0 Å². The van der Waals surface area contributed by atoms with Gasteiger partial charge in [0.15, 0.2) is 0 Å². The molecular weight excluding hydrogens is 276 g/mol. The fourth-order valence-corrected chi connectivity index (χ4v) is 2.16. The summed E-state index contributed by atoms with van der Waals surface area (Å²) in [5, 5.41) is 6.32. The molecule has 0 radical (unpaired) electrons. The lowest BCUT2D eigenvalue weighted by molar-refractivity contribution is -0.122. The Morgan fingerprint density at radius 1 is 0.818 bits per heavy atom. The third-order valence-electron chi connectivity index (χ3n) is 3.17. The number of carbonyl (C=O) groups excluding carboxylic acids is 2. The van der Waals surface area contributed by atoms with Crippen molar-refractivity contribution in [3.63, 3.8) is 0 Å². The standard InChI is InChI=1S/C18H36N2O2/c1-17(2,3)14-15(21)10-7-8-11-16(22)19-12-9-13-20-18(4,5)6/h20H,7-14H2,1-6H3,(H,19,22). The summed E-state index contributed by atoms with van der Waals surface area (Å²) in [5.41, 5.74) is 0.194. The van der Waals surface area contributed by atoms with Crippen LogP contribution >= 0.6 is 0 Å². The molecule has 4 heteroatoms. The number of hydrogen-bond donors (Lipinski definition) is 2. The average molecular weight is 312 g/mol. The molecule has 0 saturated carbocycles. The molecule has 0 rings (SSSR count). The Labute approximate surface area is 136 Å². The van der Waals surface area contributed by atoms with Crippen LogP contribution < -0.4 is 10.6 Å². The molecule has 1 amide bonds. The van der Waals surface area contributed by atoms with Crippen LogP contribution in [0.5, 0.6) is 0 Å². The van der Waals surface area contributed by atoms with Gasteiger partial charge in [-0.2, -0.15) is 0 Å². The summed E-state index contributed by atoms with van der Waals surface area (Å²) in [6, 6.07) is 0. The normalized spacial score (nSPS) is 12.3. The number of Topliss-reactive ketones (excluding diaryl/α,β-unsaturated/α-hetero) is 1. The zero-order valence-corrected chi connectivity index (χ0v) is 15.5. The van der Waals surface area contributed by atoms with Gasteiger partial charge in [0.2, 0.25) is 5.91 Å². The molecule has 0 atom stereocenters. The topological polar surface area (TPSA) is 58.2 Å². The summed E-state index contributed by atoms with van der Waals surface area (Å²) >= 11 is 0. The Morgan fingerprint density at radius 2 is 1.41 bits per heavy atom. The van der Waals surface area contributed by atoms with Crippen molar-refractivity contribution in [3.05, 3.63) is 0 Å². The van der Waals surface area contributed by atoms with Gasteiger partial charge in [-0.05, 0) is 52.0 Å². The van der Waals surface area contributed by atoms with Crippen molar-refractivity contribution in [2.24, 2.45) is 5.41 Å². The van der Waals surface area contributed by atoms with Crippen molar-refractivity contribution in [2.75, 3.05) is 13.1 Å². The van der Waals surface area contributed by atoms with Crippen LogP contribution in [0.4, 0.5) is 0 Å². The van der Waals surface area contributed by atoms with E-state index >= 15 is 0 Å². The fourth-order valence-electron chi connectivity index (χ4n) is 2.16. The maximum absolute atomic E-state index is 11.7. The molecule has 0 aliphatic rings. The second kappa shape index (κ2) is 9.98. The van der Waals surface area contributed by atoms with E-state index in [0.29, 0.717) is 31.6 Å². The molecule has 0 bridgehead atoms. The van der Waals surface area contributed by atoms with Gasteiger partial charge in [0.1, 0.15) is 5.78 Å². The Morgan fingerprint density at radius 3 is 1.95 bits per heavy atom. The number of carbonyl (C=O) groups is 2. The van der Waals surface area contributed by atoms with Crippen LogP contribution in [-0.2, 0) is 9.59 Å². The largest absolute Gasteiger partial charge is 0.356 e. The number of ketones is 1. The van der Waals surface area contributed by atoms with Gasteiger partial charge in [-0.1, -0.05) is 20.8 Å². The highest BCUT2D eigenvalue weighted by Gasteiger charge is 2.15. The van der Waals surface area contributed by atoms with Crippen LogP contribution in [0.15, 0.2) is 0 Å². The fraction of sp³-hybridized carbons (Fsp3) is 0.889. The highest BCUT2D eigenvalue weighted by molar-refractivity contribution is 5.79. The van der Waals surface area contributed by atoms with E-state index in [-0.39, 0.29) is 16.9 Å². The third-order valence-corrected chi connectivity index (χ3v) is 3.17. The molecule has 2 N–H and O–H groups in total. The molecule has 0 aromatic rings. The van der Waals surface area contributed by atoms with Crippen LogP contribution in [-0.4, -0.2) is 30.3 Å². The highest BCUT2D eigenvalue weighted by Crippen LogP contribution is 2.20. The van der Waals surface area contributed by atoms with E-state index in [1.54, 1.807) is 0 Å². The summed E-state index contributed by atoms with van der Waals surface area (Å²) in [4.78, 5) is 23.4. The predicted octanol–water partition coefficient (Wildman–Crippen LogP) is 3.45. The van der Waals surface area contributed by atoms with Gasteiger partial charge in [-0.25, -0.2) is 0 Å². The van der Waals surface area contributed by atoms with Gasteiger partial charge in [-0.3, -0.25) is 9.59 Å². The van der Waals surface area contributed by atoms with Crippen molar-refractivity contribution >= 4 is 11.7 Å². The Bertz CT molecular complexity index is 338. The first-order chi connectivity index (χ1) is 9.99. The van der Waals surface area contributed by atoms with Crippen LogP contribution in [0.3, 0.4) is 0 Å². The summed E-state index contributed by atoms with van der Waals surface area (Å²) in [6.45, 7) is 14.2. The van der Waals surface area contributed by atoms with Gasteiger partial charge >= 0.3 is 0 Å². The smallest absolute Gasteiger partial charge is 0.219 e. The van der Waals surface area contributed by atoms with Gasteiger partial charge in [0, 0.05) is 31.3 Å². The van der Waals surface area contributed by atoms with E-state index in [1.165, 1.54) is 0 Å². The van der Waals surface area contributed by atoms with Gasteiger partial charge in [0.05, 0.1) is 0 Å². The summed E-state index contributed by atoms with van der Waals surface area (Å²) in [5.74, 6) is 0.403. The second-order valence-electron chi connectivity index (χ2n) is 8.36. The van der Waals surface area contributed by atoms with E-state index in [4.69, 9.17) is 0 Å². The highest BCUT2D eigenvalue weighted by atomic mass is 16.1. The number of hydrogen-bond acceptors (Lipinski definition) is 3. The van der Waals surface area contributed by atoms with Gasteiger partial charge < -0.3 is 10.6 Å². The molecule has 0 saturated heterocycles. The summed E-state index contributed by atoms with van der Waals surface area (Å²) in [6.07, 6.45) is 4.29. The predicted molar refractivity (Wildman–Crippen MR) is 92.9 cm³/mol. The number of unbranched alkanes of at least 4 members (excludes halogenated alkanes) is 1. The average Bonchev–Trinajstić information content (AvgIpc) is 2.30. The molecule has 0 unspecified atom stereocenters. The molecule has 4 nitrogen and oxygen atoms in total. The molecule has 0 aliphatic heterocycles. The maximum Gasteiger partial charge on any atom is 0.219 e. The minimum absolute atomic E-state index is 0.0650. The molecule has 0 aromatic heterocycles. The van der Waals surface area contributed by atoms with E-state index in [9.17, 15) is 9.59 Å². The first-order valence-corrected chi connectivity index (χ1v) is 8.53. The molecule has 0 spiro atoms. The lowest BCUT2D eigenvalue weighted by Crippen LogP contribution is -2.37. The Balaban J connectivity index is 3.53. The molecule has 0 aromatic carbocycles. The van der Waals surface area contributed by atoms with Gasteiger partial charge in [-0.15, -0.1) is 0 Å². The molecular formula is C18H36N2O2. The van der Waals surface area contributed by atoms with E-state index in [2.05, 4.69) is 52.2 Å². The third kappa shape index (κ3) is 15.5. The second-order valence-corrected chi connectivity index (χ2v) is 8.36. The first kappa shape index (κ1) is 21.1. The summed E-state index contributed by atoms with van der Waals surface area (Å²) < 4.78 is 0.